The predicted molar refractivity (Wildman–Crippen MR) is 80.3 cm³/mol. The fraction of sp³-hybridized carbons (Fsp3) is 0.600. The van der Waals surface area contributed by atoms with E-state index in [1.54, 1.807) is 7.11 Å². The number of hydrogen-bond donors (Lipinski definition) is 1. The van der Waals surface area contributed by atoms with Crippen molar-refractivity contribution in [2.75, 3.05) is 13.7 Å². The van der Waals surface area contributed by atoms with Crippen LogP contribution in [0.4, 0.5) is 0 Å². The van der Waals surface area contributed by atoms with E-state index in [0.717, 1.165) is 17.5 Å². The molecule has 0 aromatic heterocycles. The lowest BCUT2D eigenvalue weighted by Gasteiger charge is -2.44. The topological polar surface area (TPSA) is 30.5 Å². The second-order valence-electron chi connectivity index (χ2n) is 4.98. The van der Waals surface area contributed by atoms with Crippen molar-refractivity contribution < 1.29 is 9.47 Å². The first kappa shape index (κ1) is 15.0. The Hall–Kier alpha value is -0.420. The van der Waals surface area contributed by atoms with E-state index in [9.17, 15) is 0 Å². The molecule has 106 valence electrons. The SMILES string of the molecule is CCOC1CC(N[C@@H](C)c2ccc(Br)cc2)C1OC. The highest BCUT2D eigenvalue weighted by Gasteiger charge is 2.42. The molecule has 0 aliphatic heterocycles. The first-order valence-corrected chi connectivity index (χ1v) is 7.61. The molecule has 0 radical (unpaired) electrons. The van der Waals surface area contributed by atoms with E-state index in [0.29, 0.717) is 12.1 Å². The summed E-state index contributed by atoms with van der Waals surface area (Å²) in [7, 11) is 1.76. The summed E-state index contributed by atoms with van der Waals surface area (Å²) in [5.74, 6) is 0. The summed E-state index contributed by atoms with van der Waals surface area (Å²) in [6.07, 6.45) is 1.43. The summed E-state index contributed by atoms with van der Waals surface area (Å²) in [6.45, 7) is 4.96. The van der Waals surface area contributed by atoms with Gasteiger partial charge in [0.15, 0.2) is 0 Å². The van der Waals surface area contributed by atoms with Gasteiger partial charge >= 0.3 is 0 Å². The van der Waals surface area contributed by atoms with Gasteiger partial charge in [-0.1, -0.05) is 28.1 Å². The van der Waals surface area contributed by atoms with E-state index >= 15 is 0 Å². The zero-order valence-corrected chi connectivity index (χ0v) is 13.3. The molecule has 0 heterocycles. The molecule has 4 heteroatoms. The quantitative estimate of drug-likeness (QED) is 0.869. The molecule has 1 aliphatic rings. The van der Waals surface area contributed by atoms with Gasteiger partial charge in [-0.3, -0.25) is 0 Å². The van der Waals surface area contributed by atoms with Gasteiger partial charge in [0.1, 0.15) is 0 Å². The van der Waals surface area contributed by atoms with Gasteiger partial charge < -0.3 is 14.8 Å². The van der Waals surface area contributed by atoms with E-state index in [-0.39, 0.29) is 12.2 Å². The molecular weight excluding hydrogens is 306 g/mol. The van der Waals surface area contributed by atoms with Crippen LogP contribution in [0.15, 0.2) is 28.7 Å². The highest BCUT2D eigenvalue weighted by Crippen LogP contribution is 2.29. The number of ether oxygens (including phenoxy) is 2. The smallest absolute Gasteiger partial charge is 0.0987 e. The monoisotopic (exact) mass is 327 g/mol. The molecule has 3 nitrogen and oxygen atoms in total. The highest BCUT2D eigenvalue weighted by atomic mass is 79.9. The third-order valence-corrected chi connectivity index (χ3v) is 4.26. The number of methoxy groups -OCH3 is 1. The summed E-state index contributed by atoms with van der Waals surface area (Å²) in [6, 6.07) is 9.12. The standard InChI is InChI=1S/C15H22BrNO2/c1-4-19-14-9-13(15(14)18-3)17-10(2)11-5-7-12(16)8-6-11/h5-8,10,13-15,17H,4,9H2,1-3H3/t10-,13?,14?,15?/m0/s1. The van der Waals surface area contributed by atoms with Gasteiger partial charge in [-0.05, 0) is 38.0 Å². The Bertz CT molecular complexity index is 396. The minimum Gasteiger partial charge on any atom is -0.377 e. The van der Waals surface area contributed by atoms with Crippen LogP contribution >= 0.6 is 15.9 Å². The Morgan fingerprint density at radius 1 is 1.37 bits per heavy atom. The second kappa shape index (κ2) is 6.84. The number of benzene rings is 1. The maximum absolute atomic E-state index is 5.64. The third kappa shape index (κ3) is 3.57. The average Bonchev–Trinajstić information content (AvgIpc) is 2.38. The van der Waals surface area contributed by atoms with E-state index in [1.807, 2.05) is 6.92 Å². The maximum atomic E-state index is 5.64. The summed E-state index contributed by atoms with van der Waals surface area (Å²) >= 11 is 3.46. The first-order chi connectivity index (χ1) is 9.15. The van der Waals surface area contributed by atoms with Gasteiger partial charge in [0.25, 0.3) is 0 Å². The molecule has 1 saturated carbocycles. The van der Waals surface area contributed by atoms with E-state index in [2.05, 4.69) is 52.4 Å². The Labute approximate surface area is 123 Å². The van der Waals surface area contributed by atoms with Crippen LogP contribution in [0.5, 0.6) is 0 Å². The van der Waals surface area contributed by atoms with Crippen molar-refractivity contribution in [3.63, 3.8) is 0 Å². The zero-order valence-electron chi connectivity index (χ0n) is 11.7. The molecule has 0 saturated heterocycles. The molecule has 0 bridgehead atoms. The minimum absolute atomic E-state index is 0.165. The Kier molecular flexibility index (Phi) is 5.39. The van der Waals surface area contributed by atoms with Crippen molar-refractivity contribution >= 4 is 15.9 Å². The molecule has 1 aromatic carbocycles. The lowest BCUT2D eigenvalue weighted by atomic mass is 9.84. The van der Waals surface area contributed by atoms with Crippen molar-refractivity contribution in [2.24, 2.45) is 0 Å². The fourth-order valence-corrected chi connectivity index (χ4v) is 2.87. The van der Waals surface area contributed by atoms with E-state index in [1.165, 1.54) is 5.56 Å². The predicted octanol–water partition coefficient (Wildman–Crippen LogP) is 3.29. The van der Waals surface area contributed by atoms with Crippen molar-refractivity contribution in [3.05, 3.63) is 34.3 Å². The Balaban J connectivity index is 1.89. The van der Waals surface area contributed by atoms with Crippen molar-refractivity contribution in [1.29, 1.82) is 0 Å². The van der Waals surface area contributed by atoms with Gasteiger partial charge in [-0.15, -0.1) is 0 Å². The van der Waals surface area contributed by atoms with Crippen molar-refractivity contribution in [2.45, 2.75) is 44.6 Å². The fourth-order valence-electron chi connectivity index (χ4n) is 2.61. The van der Waals surface area contributed by atoms with Gasteiger partial charge in [0, 0.05) is 30.3 Å². The lowest BCUT2D eigenvalue weighted by Crippen LogP contribution is -2.60. The van der Waals surface area contributed by atoms with Crippen LogP contribution in [-0.2, 0) is 9.47 Å². The number of nitrogens with one attached hydrogen (secondary N) is 1. The van der Waals surface area contributed by atoms with Gasteiger partial charge in [-0.2, -0.15) is 0 Å². The van der Waals surface area contributed by atoms with Crippen LogP contribution in [0.2, 0.25) is 0 Å². The molecule has 2 rings (SSSR count). The largest absolute Gasteiger partial charge is 0.377 e. The van der Waals surface area contributed by atoms with Gasteiger partial charge in [-0.25, -0.2) is 0 Å². The van der Waals surface area contributed by atoms with Crippen LogP contribution in [0.3, 0.4) is 0 Å². The Morgan fingerprint density at radius 2 is 2.05 bits per heavy atom. The van der Waals surface area contributed by atoms with Crippen LogP contribution < -0.4 is 5.32 Å². The van der Waals surface area contributed by atoms with Crippen molar-refractivity contribution in [3.8, 4) is 0 Å². The molecule has 19 heavy (non-hydrogen) atoms. The highest BCUT2D eigenvalue weighted by molar-refractivity contribution is 9.10. The number of hydrogen-bond acceptors (Lipinski definition) is 3. The molecule has 0 spiro atoms. The molecule has 1 N–H and O–H groups in total. The molecule has 3 unspecified atom stereocenters. The summed E-state index contributed by atoms with van der Waals surface area (Å²) in [5, 5.41) is 3.62. The lowest BCUT2D eigenvalue weighted by molar-refractivity contribution is -0.133. The maximum Gasteiger partial charge on any atom is 0.0987 e. The molecule has 1 aliphatic carbocycles. The van der Waals surface area contributed by atoms with E-state index < -0.39 is 0 Å². The Morgan fingerprint density at radius 3 is 2.63 bits per heavy atom. The second-order valence-corrected chi connectivity index (χ2v) is 5.89. The summed E-state index contributed by atoms with van der Waals surface area (Å²) in [5.41, 5.74) is 1.29. The number of halogens is 1. The van der Waals surface area contributed by atoms with Gasteiger partial charge in [0.05, 0.1) is 12.2 Å². The van der Waals surface area contributed by atoms with Crippen molar-refractivity contribution in [1.82, 2.24) is 5.32 Å². The van der Waals surface area contributed by atoms with Crippen LogP contribution in [0.1, 0.15) is 31.9 Å². The summed E-state index contributed by atoms with van der Waals surface area (Å²) < 4.78 is 12.3. The molecule has 1 fully saturated rings. The van der Waals surface area contributed by atoms with Crippen LogP contribution in [-0.4, -0.2) is 32.0 Å². The third-order valence-electron chi connectivity index (χ3n) is 3.74. The minimum atomic E-state index is 0.165. The average molecular weight is 328 g/mol. The molecular formula is C15H22BrNO2. The van der Waals surface area contributed by atoms with Crippen LogP contribution in [0.25, 0.3) is 0 Å². The molecule has 0 amide bonds. The molecule has 1 aromatic rings. The van der Waals surface area contributed by atoms with E-state index in [4.69, 9.17) is 9.47 Å². The summed E-state index contributed by atoms with van der Waals surface area (Å²) in [4.78, 5) is 0. The normalized spacial score (nSPS) is 27.9. The zero-order chi connectivity index (χ0) is 13.8. The van der Waals surface area contributed by atoms with Gasteiger partial charge in [0.2, 0.25) is 0 Å². The molecule has 4 atom stereocenters. The van der Waals surface area contributed by atoms with Crippen LogP contribution in [0, 0.1) is 0 Å². The number of rotatable bonds is 6. The first-order valence-electron chi connectivity index (χ1n) is 6.81.